The summed E-state index contributed by atoms with van der Waals surface area (Å²) in [5.41, 5.74) is 1.87. The second kappa shape index (κ2) is 5.82. The van der Waals surface area contributed by atoms with Crippen molar-refractivity contribution in [2.45, 2.75) is 37.4 Å². The third-order valence-corrected chi connectivity index (χ3v) is 5.37. The van der Waals surface area contributed by atoms with E-state index < -0.39 is 0 Å². The molecule has 5 heteroatoms. The summed E-state index contributed by atoms with van der Waals surface area (Å²) in [6.45, 7) is 2.72. The second-order valence-electron chi connectivity index (χ2n) is 5.21. The highest BCUT2D eigenvalue weighted by molar-refractivity contribution is 8.00. The molecule has 104 valence electrons. The zero-order valence-corrected chi connectivity index (χ0v) is 12.3. The average Bonchev–Trinajstić information content (AvgIpc) is 2.85. The van der Waals surface area contributed by atoms with Gasteiger partial charge in [0, 0.05) is 28.6 Å². The van der Waals surface area contributed by atoms with Crippen LogP contribution < -0.4 is 5.32 Å². The maximum absolute atomic E-state index is 10.8. The van der Waals surface area contributed by atoms with Crippen LogP contribution in [0.3, 0.4) is 0 Å². The molecule has 0 saturated heterocycles. The fourth-order valence-electron chi connectivity index (χ4n) is 2.71. The predicted molar refractivity (Wildman–Crippen MR) is 81.0 cm³/mol. The van der Waals surface area contributed by atoms with Crippen LogP contribution in [0.5, 0.6) is 0 Å². The van der Waals surface area contributed by atoms with Gasteiger partial charge in [-0.05, 0) is 38.2 Å². The molecule has 1 aromatic rings. The van der Waals surface area contributed by atoms with Crippen molar-refractivity contribution in [2.75, 3.05) is 18.1 Å². The van der Waals surface area contributed by atoms with E-state index in [0.717, 1.165) is 12.2 Å². The summed E-state index contributed by atoms with van der Waals surface area (Å²) in [4.78, 5) is 10.4. The lowest BCUT2D eigenvalue weighted by Gasteiger charge is -2.27. The van der Waals surface area contributed by atoms with Crippen molar-refractivity contribution in [1.29, 1.82) is 0 Å². The Hall–Kier alpha value is -1.23. The molecule has 0 aromatic heterocycles. The van der Waals surface area contributed by atoms with E-state index in [1.807, 2.05) is 17.8 Å². The van der Waals surface area contributed by atoms with Crippen molar-refractivity contribution in [3.8, 4) is 0 Å². The van der Waals surface area contributed by atoms with E-state index in [9.17, 15) is 10.1 Å². The van der Waals surface area contributed by atoms with Gasteiger partial charge in [0.05, 0.1) is 4.92 Å². The normalized spacial score (nSPS) is 17.4. The van der Waals surface area contributed by atoms with Crippen LogP contribution in [-0.4, -0.2) is 22.5 Å². The number of hydrogen-bond acceptors (Lipinski definition) is 4. The summed E-state index contributed by atoms with van der Waals surface area (Å²) < 4.78 is 0.343. The Morgan fingerprint density at radius 3 is 2.63 bits per heavy atom. The second-order valence-corrected chi connectivity index (χ2v) is 6.48. The van der Waals surface area contributed by atoms with Crippen LogP contribution in [-0.2, 0) is 0 Å². The third-order valence-electron chi connectivity index (χ3n) is 3.96. The number of aryl methyl sites for hydroxylation is 1. The molecule has 2 rings (SSSR count). The number of nitro groups is 1. The molecular weight excluding hydrogens is 260 g/mol. The monoisotopic (exact) mass is 280 g/mol. The third kappa shape index (κ3) is 3.21. The van der Waals surface area contributed by atoms with Crippen LogP contribution in [0.4, 0.5) is 11.4 Å². The first-order chi connectivity index (χ1) is 9.06. The SMILES string of the molecule is CSC1(CNc2ccc([N+](=O)[O-])c(C)c2)CCCC1. The van der Waals surface area contributed by atoms with Gasteiger partial charge in [-0.25, -0.2) is 0 Å². The number of rotatable bonds is 5. The van der Waals surface area contributed by atoms with Gasteiger partial charge in [0.2, 0.25) is 0 Å². The van der Waals surface area contributed by atoms with Crippen LogP contribution >= 0.6 is 11.8 Å². The first-order valence-corrected chi connectivity index (χ1v) is 7.83. The maximum atomic E-state index is 10.8. The Labute approximate surface area is 118 Å². The van der Waals surface area contributed by atoms with Gasteiger partial charge in [-0.15, -0.1) is 0 Å². The van der Waals surface area contributed by atoms with Crippen molar-refractivity contribution >= 4 is 23.1 Å². The summed E-state index contributed by atoms with van der Waals surface area (Å²) in [6, 6.07) is 5.24. The minimum atomic E-state index is -0.334. The topological polar surface area (TPSA) is 55.2 Å². The van der Waals surface area contributed by atoms with Gasteiger partial charge in [-0.2, -0.15) is 11.8 Å². The zero-order chi connectivity index (χ0) is 13.9. The molecule has 0 atom stereocenters. The van der Waals surface area contributed by atoms with E-state index in [1.54, 1.807) is 19.1 Å². The van der Waals surface area contributed by atoms with Gasteiger partial charge in [0.15, 0.2) is 0 Å². The molecule has 0 unspecified atom stereocenters. The van der Waals surface area contributed by atoms with Crippen LogP contribution in [0.15, 0.2) is 18.2 Å². The van der Waals surface area contributed by atoms with E-state index in [1.165, 1.54) is 25.7 Å². The summed E-state index contributed by atoms with van der Waals surface area (Å²) >= 11 is 1.94. The standard InChI is InChI=1S/C14H20N2O2S/c1-11-9-12(5-6-13(11)16(17)18)15-10-14(19-2)7-3-4-8-14/h5-6,9,15H,3-4,7-8,10H2,1-2H3. The van der Waals surface area contributed by atoms with Gasteiger partial charge in [-0.3, -0.25) is 10.1 Å². The van der Waals surface area contributed by atoms with Crippen LogP contribution in [0.1, 0.15) is 31.2 Å². The first-order valence-electron chi connectivity index (χ1n) is 6.60. The lowest BCUT2D eigenvalue weighted by Crippen LogP contribution is -2.29. The van der Waals surface area contributed by atoms with E-state index in [0.29, 0.717) is 10.3 Å². The van der Waals surface area contributed by atoms with E-state index in [-0.39, 0.29) is 10.6 Å². The van der Waals surface area contributed by atoms with Gasteiger partial charge in [0.1, 0.15) is 0 Å². The highest BCUT2D eigenvalue weighted by Crippen LogP contribution is 2.40. The number of thioether (sulfide) groups is 1. The Balaban J connectivity index is 2.03. The van der Waals surface area contributed by atoms with Crippen LogP contribution in [0, 0.1) is 17.0 Å². The average molecular weight is 280 g/mol. The van der Waals surface area contributed by atoms with Crippen molar-refractivity contribution in [2.24, 2.45) is 0 Å². The summed E-state index contributed by atoms with van der Waals surface area (Å²) in [6.07, 6.45) is 7.30. The minimum Gasteiger partial charge on any atom is -0.384 e. The van der Waals surface area contributed by atoms with Crippen LogP contribution in [0.2, 0.25) is 0 Å². The quantitative estimate of drug-likeness (QED) is 0.654. The molecule has 1 fully saturated rings. The summed E-state index contributed by atoms with van der Waals surface area (Å²) in [5, 5.41) is 14.2. The molecule has 19 heavy (non-hydrogen) atoms. The molecule has 0 bridgehead atoms. The highest BCUT2D eigenvalue weighted by Gasteiger charge is 2.32. The molecule has 1 aromatic carbocycles. The fraction of sp³-hybridized carbons (Fsp3) is 0.571. The largest absolute Gasteiger partial charge is 0.384 e. The number of hydrogen-bond donors (Lipinski definition) is 1. The molecule has 0 spiro atoms. The Morgan fingerprint density at radius 1 is 1.42 bits per heavy atom. The number of nitrogens with zero attached hydrogens (tertiary/aromatic N) is 1. The van der Waals surface area contributed by atoms with Crippen molar-refractivity contribution in [1.82, 2.24) is 0 Å². The van der Waals surface area contributed by atoms with E-state index >= 15 is 0 Å². The van der Waals surface area contributed by atoms with Crippen molar-refractivity contribution in [3.05, 3.63) is 33.9 Å². The molecule has 0 aliphatic heterocycles. The van der Waals surface area contributed by atoms with E-state index in [2.05, 4.69) is 11.6 Å². The highest BCUT2D eigenvalue weighted by atomic mass is 32.2. The lowest BCUT2D eigenvalue weighted by molar-refractivity contribution is -0.385. The zero-order valence-electron chi connectivity index (χ0n) is 11.4. The van der Waals surface area contributed by atoms with Gasteiger partial charge >= 0.3 is 0 Å². The van der Waals surface area contributed by atoms with E-state index in [4.69, 9.17) is 0 Å². The molecule has 1 saturated carbocycles. The molecular formula is C14H20N2O2S. The molecule has 1 aliphatic rings. The number of nitro benzene ring substituents is 1. The fourth-order valence-corrected chi connectivity index (χ4v) is 3.62. The van der Waals surface area contributed by atoms with Gasteiger partial charge < -0.3 is 5.32 Å². The Morgan fingerprint density at radius 2 is 2.11 bits per heavy atom. The number of nitrogens with one attached hydrogen (secondary N) is 1. The predicted octanol–water partition coefficient (Wildman–Crippen LogP) is 3.99. The summed E-state index contributed by atoms with van der Waals surface area (Å²) in [5.74, 6) is 0. The van der Waals surface area contributed by atoms with Crippen LogP contribution in [0.25, 0.3) is 0 Å². The number of benzene rings is 1. The van der Waals surface area contributed by atoms with Gasteiger partial charge in [-0.1, -0.05) is 12.8 Å². The van der Waals surface area contributed by atoms with Crippen molar-refractivity contribution < 1.29 is 4.92 Å². The lowest BCUT2D eigenvalue weighted by atomic mass is 10.1. The molecule has 1 aliphatic carbocycles. The molecule has 1 N–H and O–H groups in total. The van der Waals surface area contributed by atoms with Crippen molar-refractivity contribution in [3.63, 3.8) is 0 Å². The smallest absolute Gasteiger partial charge is 0.272 e. The Bertz CT molecular complexity index is 471. The first kappa shape index (κ1) is 14.2. The molecule has 0 heterocycles. The maximum Gasteiger partial charge on any atom is 0.272 e. The van der Waals surface area contributed by atoms with Gasteiger partial charge in [0.25, 0.3) is 5.69 Å². The summed E-state index contributed by atoms with van der Waals surface area (Å²) in [7, 11) is 0. The number of anilines is 1. The molecule has 4 nitrogen and oxygen atoms in total. The molecule has 0 amide bonds. The Kier molecular flexibility index (Phi) is 4.34. The minimum absolute atomic E-state index is 0.186. The molecule has 0 radical (unpaired) electrons.